The topological polar surface area (TPSA) is 49.1 Å². The normalized spacial score (nSPS) is 10.4. The van der Waals surface area contributed by atoms with Crippen LogP contribution in [-0.2, 0) is 13.0 Å². The molecule has 0 unspecified atom stereocenters. The van der Waals surface area contributed by atoms with E-state index >= 15 is 0 Å². The number of ether oxygens (including phenoxy) is 1. The Bertz CT molecular complexity index is 620. The van der Waals surface area contributed by atoms with Crippen molar-refractivity contribution in [3.05, 3.63) is 59.4 Å². The second kappa shape index (κ2) is 7.41. The van der Waals surface area contributed by atoms with Gasteiger partial charge >= 0.3 is 0 Å². The monoisotopic (exact) mass is 281 g/mol. The molecule has 0 fully saturated rings. The Morgan fingerprint density at radius 2 is 1.95 bits per heavy atom. The first-order chi connectivity index (χ1) is 10.2. The van der Waals surface area contributed by atoms with Gasteiger partial charge in [-0.15, -0.1) is 0 Å². The number of hydrogen-bond acceptors (Lipinski definition) is 4. The molecule has 0 saturated carbocycles. The highest BCUT2D eigenvalue weighted by Crippen LogP contribution is 2.20. The molecule has 0 bridgehead atoms. The van der Waals surface area contributed by atoms with Gasteiger partial charge in [0.1, 0.15) is 11.8 Å². The summed E-state index contributed by atoms with van der Waals surface area (Å²) in [5.41, 5.74) is 3.00. The predicted molar refractivity (Wildman–Crippen MR) is 82.0 cm³/mol. The number of rotatable bonds is 6. The number of hydrogen-bond donors (Lipinski definition) is 0. The van der Waals surface area contributed by atoms with Crippen molar-refractivity contribution in [2.24, 2.45) is 0 Å². The van der Waals surface area contributed by atoms with Gasteiger partial charge in [0.05, 0.1) is 12.7 Å². The zero-order valence-corrected chi connectivity index (χ0v) is 12.4. The lowest BCUT2D eigenvalue weighted by Gasteiger charge is -2.17. The maximum Gasteiger partial charge on any atom is 0.136 e. The van der Waals surface area contributed by atoms with E-state index in [-0.39, 0.29) is 0 Å². The van der Waals surface area contributed by atoms with E-state index in [0.717, 1.165) is 25.1 Å². The molecule has 21 heavy (non-hydrogen) atoms. The van der Waals surface area contributed by atoms with Crippen molar-refractivity contribution in [3.63, 3.8) is 0 Å². The summed E-state index contributed by atoms with van der Waals surface area (Å²) in [6.07, 6.45) is 4.63. The Kier molecular flexibility index (Phi) is 5.30. The maximum absolute atomic E-state index is 8.99. The fraction of sp³-hybridized carbons (Fsp3) is 0.294. The second-order valence-electron chi connectivity index (χ2n) is 4.99. The predicted octanol–water partition coefficient (Wildman–Crippen LogP) is 2.64. The standard InChI is InChI=1S/C17H19N3O/c1-20(10-7-14-5-8-19-9-6-14)13-15-3-4-16(12-18)17(11-15)21-2/h3-6,8-9,11H,7,10,13H2,1-2H3. The molecule has 1 heterocycles. The largest absolute Gasteiger partial charge is 0.495 e. The van der Waals surface area contributed by atoms with Crippen LogP contribution in [0.25, 0.3) is 0 Å². The van der Waals surface area contributed by atoms with Crippen LogP contribution in [0, 0.1) is 11.3 Å². The van der Waals surface area contributed by atoms with Crippen molar-refractivity contribution in [1.82, 2.24) is 9.88 Å². The number of nitrogens with zero attached hydrogens (tertiary/aromatic N) is 3. The maximum atomic E-state index is 8.99. The minimum absolute atomic E-state index is 0.570. The van der Waals surface area contributed by atoms with Crippen molar-refractivity contribution in [1.29, 1.82) is 5.26 Å². The Labute approximate surface area is 125 Å². The van der Waals surface area contributed by atoms with Gasteiger partial charge in [-0.3, -0.25) is 4.98 Å². The van der Waals surface area contributed by atoms with E-state index in [4.69, 9.17) is 10.00 Å². The van der Waals surface area contributed by atoms with Crippen LogP contribution in [0.1, 0.15) is 16.7 Å². The Morgan fingerprint density at radius 1 is 1.19 bits per heavy atom. The number of likely N-dealkylation sites (N-methyl/N-ethyl adjacent to an activating group) is 1. The second-order valence-corrected chi connectivity index (χ2v) is 4.99. The molecule has 2 aromatic rings. The number of nitriles is 1. The number of methoxy groups -OCH3 is 1. The van der Waals surface area contributed by atoms with E-state index in [2.05, 4.69) is 23.0 Å². The van der Waals surface area contributed by atoms with Crippen molar-refractivity contribution in [2.45, 2.75) is 13.0 Å². The average Bonchev–Trinajstić information content (AvgIpc) is 2.53. The Balaban J connectivity index is 1.93. The van der Waals surface area contributed by atoms with Gasteiger partial charge in [0.2, 0.25) is 0 Å². The van der Waals surface area contributed by atoms with E-state index in [9.17, 15) is 0 Å². The fourth-order valence-electron chi connectivity index (χ4n) is 2.19. The van der Waals surface area contributed by atoms with Crippen LogP contribution >= 0.6 is 0 Å². The van der Waals surface area contributed by atoms with Crippen LogP contribution in [0.15, 0.2) is 42.7 Å². The van der Waals surface area contributed by atoms with E-state index < -0.39 is 0 Å². The van der Waals surface area contributed by atoms with Gasteiger partial charge in [-0.1, -0.05) is 6.07 Å². The zero-order valence-electron chi connectivity index (χ0n) is 12.4. The molecule has 0 aliphatic rings. The Morgan fingerprint density at radius 3 is 2.62 bits per heavy atom. The molecule has 0 spiro atoms. The molecular weight excluding hydrogens is 262 g/mol. The van der Waals surface area contributed by atoms with Gasteiger partial charge in [-0.05, 0) is 48.9 Å². The Hall–Kier alpha value is -2.38. The van der Waals surface area contributed by atoms with E-state index in [1.165, 1.54) is 5.56 Å². The van der Waals surface area contributed by atoms with Crippen LogP contribution < -0.4 is 4.74 Å². The average molecular weight is 281 g/mol. The summed E-state index contributed by atoms with van der Waals surface area (Å²) in [5, 5.41) is 8.99. The zero-order chi connectivity index (χ0) is 15.1. The molecule has 0 radical (unpaired) electrons. The molecular formula is C17H19N3O. The highest BCUT2D eigenvalue weighted by molar-refractivity contribution is 5.45. The summed E-state index contributed by atoms with van der Waals surface area (Å²) in [5.74, 6) is 0.637. The minimum Gasteiger partial charge on any atom is -0.495 e. The molecule has 0 atom stereocenters. The third-order valence-corrected chi connectivity index (χ3v) is 3.37. The summed E-state index contributed by atoms with van der Waals surface area (Å²) in [6.45, 7) is 1.79. The minimum atomic E-state index is 0.570. The molecule has 0 aliphatic carbocycles. The fourth-order valence-corrected chi connectivity index (χ4v) is 2.19. The smallest absolute Gasteiger partial charge is 0.136 e. The van der Waals surface area contributed by atoms with Gasteiger partial charge < -0.3 is 9.64 Å². The van der Waals surface area contributed by atoms with Crippen molar-refractivity contribution in [2.75, 3.05) is 20.7 Å². The molecule has 4 heteroatoms. The van der Waals surface area contributed by atoms with E-state index in [1.54, 1.807) is 7.11 Å². The van der Waals surface area contributed by atoms with Gasteiger partial charge in [-0.25, -0.2) is 0 Å². The lowest BCUT2D eigenvalue weighted by atomic mass is 10.1. The SMILES string of the molecule is COc1cc(CN(C)CCc2ccncc2)ccc1C#N. The van der Waals surface area contributed by atoms with Gasteiger partial charge in [-0.2, -0.15) is 5.26 Å². The first-order valence-electron chi connectivity index (χ1n) is 6.87. The summed E-state index contributed by atoms with van der Waals surface area (Å²) < 4.78 is 5.24. The molecule has 0 saturated heterocycles. The molecule has 0 N–H and O–H groups in total. The molecule has 1 aromatic carbocycles. The lowest BCUT2D eigenvalue weighted by molar-refractivity contribution is 0.330. The van der Waals surface area contributed by atoms with E-state index in [1.807, 2.05) is 42.7 Å². The van der Waals surface area contributed by atoms with Crippen LogP contribution in [-0.4, -0.2) is 30.6 Å². The number of aromatic nitrogens is 1. The van der Waals surface area contributed by atoms with Gasteiger partial charge in [0.15, 0.2) is 0 Å². The number of pyridine rings is 1. The van der Waals surface area contributed by atoms with Gasteiger partial charge in [0.25, 0.3) is 0 Å². The molecule has 4 nitrogen and oxygen atoms in total. The highest BCUT2D eigenvalue weighted by Gasteiger charge is 2.06. The van der Waals surface area contributed by atoms with Crippen molar-refractivity contribution < 1.29 is 4.74 Å². The van der Waals surface area contributed by atoms with Gasteiger partial charge in [0, 0.05) is 25.5 Å². The summed E-state index contributed by atoms with van der Waals surface area (Å²) in [4.78, 5) is 6.27. The van der Waals surface area contributed by atoms with Crippen LogP contribution in [0.3, 0.4) is 0 Å². The first-order valence-corrected chi connectivity index (χ1v) is 6.87. The molecule has 0 amide bonds. The van der Waals surface area contributed by atoms with Crippen molar-refractivity contribution >= 4 is 0 Å². The molecule has 108 valence electrons. The van der Waals surface area contributed by atoms with Crippen molar-refractivity contribution in [3.8, 4) is 11.8 Å². The third-order valence-electron chi connectivity index (χ3n) is 3.37. The van der Waals surface area contributed by atoms with E-state index in [0.29, 0.717) is 11.3 Å². The quantitative estimate of drug-likeness (QED) is 0.816. The summed E-state index contributed by atoms with van der Waals surface area (Å²) >= 11 is 0. The van der Waals surface area contributed by atoms with Crippen LogP contribution in [0.2, 0.25) is 0 Å². The molecule has 0 aliphatic heterocycles. The summed E-state index contributed by atoms with van der Waals surface area (Å²) in [6, 6.07) is 11.9. The lowest BCUT2D eigenvalue weighted by Crippen LogP contribution is -2.20. The van der Waals surface area contributed by atoms with Crippen LogP contribution in [0.4, 0.5) is 0 Å². The molecule has 1 aromatic heterocycles. The highest BCUT2D eigenvalue weighted by atomic mass is 16.5. The third kappa shape index (κ3) is 4.30. The first kappa shape index (κ1) is 15.0. The molecule has 2 rings (SSSR count). The number of benzene rings is 1. The van der Waals surface area contributed by atoms with Crippen LogP contribution in [0.5, 0.6) is 5.75 Å². The summed E-state index contributed by atoms with van der Waals surface area (Å²) in [7, 11) is 3.68.